The van der Waals surface area contributed by atoms with Gasteiger partial charge in [0.25, 0.3) is 5.91 Å². The second-order valence-corrected chi connectivity index (χ2v) is 7.83. The number of aryl methyl sites for hydroxylation is 1. The fourth-order valence-corrected chi connectivity index (χ4v) is 3.47. The van der Waals surface area contributed by atoms with E-state index in [1.165, 1.54) is 11.8 Å². The van der Waals surface area contributed by atoms with Gasteiger partial charge in [-0.3, -0.25) is 4.79 Å². The molecule has 0 heterocycles. The van der Waals surface area contributed by atoms with E-state index in [1.54, 1.807) is 18.2 Å². The van der Waals surface area contributed by atoms with E-state index in [9.17, 15) is 9.90 Å². The van der Waals surface area contributed by atoms with E-state index in [1.807, 2.05) is 74.5 Å². The van der Waals surface area contributed by atoms with Gasteiger partial charge in [0.05, 0.1) is 18.4 Å². The van der Waals surface area contributed by atoms with Gasteiger partial charge in [0.2, 0.25) is 0 Å². The standard InChI is InChI=1S/C28H26N2O4/c1-3-33-27-14-21(12-13-26(27)34-18-20-10-8-19(2)9-11-20)17-29-30-28(32)24-15-22-6-4-5-7-23(22)16-25(24)31/h4-17,31H,3,18H2,1-2H3,(H,30,32). The zero-order valence-electron chi connectivity index (χ0n) is 19.1. The van der Waals surface area contributed by atoms with Crippen molar-refractivity contribution in [1.29, 1.82) is 0 Å². The van der Waals surface area contributed by atoms with Crippen molar-refractivity contribution in [2.75, 3.05) is 6.61 Å². The minimum Gasteiger partial charge on any atom is -0.507 e. The molecule has 0 aliphatic heterocycles. The van der Waals surface area contributed by atoms with E-state index in [4.69, 9.17) is 9.47 Å². The van der Waals surface area contributed by atoms with Crippen LogP contribution in [0.15, 0.2) is 84.0 Å². The maximum atomic E-state index is 12.5. The molecule has 6 nitrogen and oxygen atoms in total. The summed E-state index contributed by atoms with van der Waals surface area (Å²) >= 11 is 0. The average molecular weight is 455 g/mol. The van der Waals surface area contributed by atoms with E-state index in [-0.39, 0.29) is 11.3 Å². The third-order valence-electron chi connectivity index (χ3n) is 5.27. The molecule has 1 amide bonds. The topological polar surface area (TPSA) is 80.2 Å². The van der Waals surface area contributed by atoms with Gasteiger partial charge in [-0.25, -0.2) is 5.43 Å². The number of hydrogen-bond donors (Lipinski definition) is 2. The highest BCUT2D eigenvalue weighted by molar-refractivity contribution is 6.01. The fourth-order valence-electron chi connectivity index (χ4n) is 3.47. The number of amides is 1. The van der Waals surface area contributed by atoms with Crippen molar-refractivity contribution in [1.82, 2.24) is 5.43 Å². The summed E-state index contributed by atoms with van der Waals surface area (Å²) in [7, 11) is 0. The summed E-state index contributed by atoms with van der Waals surface area (Å²) in [6.45, 7) is 4.87. The molecular formula is C28H26N2O4. The maximum Gasteiger partial charge on any atom is 0.275 e. The summed E-state index contributed by atoms with van der Waals surface area (Å²) in [5.41, 5.74) is 5.62. The third kappa shape index (κ3) is 5.53. The Balaban J connectivity index is 1.44. The first-order valence-corrected chi connectivity index (χ1v) is 11.0. The van der Waals surface area contributed by atoms with Crippen molar-refractivity contribution in [2.24, 2.45) is 5.10 Å². The lowest BCUT2D eigenvalue weighted by Gasteiger charge is -2.13. The van der Waals surface area contributed by atoms with Crippen molar-refractivity contribution in [2.45, 2.75) is 20.5 Å². The van der Waals surface area contributed by atoms with Crippen LogP contribution >= 0.6 is 0 Å². The van der Waals surface area contributed by atoms with Gasteiger partial charge < -0.3 is 14.6 Å². The van der Waals surface area contributed by atoms with Crippen molar-refractivity contribution >= 4 is 22.9 Å². The molecular weight excluding hydrogens is 428 g/mol. The van der Waals surface area contributed by atoms with Crippen LogP contribution < -0.4 is 14.9 Å². The van der Waals surface area contributed by atoms with Gasteiger partial charge in [0, 0.05) is 0 Å². The van der Waals surface area contributed by atoms with Gasteiger partial charge in [-0.15, -0.1) is 0 Å². The summed E-state index contributed by atoms with van der Waals surface area (Å²) in [5, 5.41) is 16.0. The number of carbonyl (C=O) groups is 1. The molecule has 0 aliphatic rings. The number of rotatable bonds is 8. The number of hydrazone groups is 1. The lowest BCUT2D eigenvalue weighted by molar-refractivity contribution is 0.0952. The number of ether oxygens (including phenoxy) is 2. The highest BCUT2D eigenvalue weighted by Crippen LogP contribution is 2.29. The molecule has 2 N–H and O–H groups in total. The molecule has 0 spiro atoms. The number of nitrogens with one attached hydrogen (secondary N) is 1. The predicted octanol–water partition coefficient (Wildman–Crippen LogP) is 5.60. The number of hydrogen-bond acceptors (Lipinski definition) is 5. The summed E-state index contributed by atoms with van der Waals surface area (Å²) < 4.78 is 11.7. The third-order valence-corrected chi connectivity index (χ3v) is 5.27. The van der Waals surface area contributed by atoms with Crippen molar-refractivity contribution in [3.05, 3.63) is 101 Å². The Bertz CT molecular complexity index is 1330. The molecule has 0 saturated carbocycles. The Morgan fingerprint density at radius 3 is 2.41 bits per heavy atom. The molecule has 172 valence electrons. The van der Waals surface area contributed by atoms with Crippen LogP contribution in [0.25, 0.3) is 10.8 Å². The summed E-state index contributed by atoms with van der Waals surface area (Å²) in [6, 6.07) is 24.3. The van der Waals surface area contributed by atoms with Crippen LogP contribution in [-0.4, -0.2) is 23.8 Å². The van der Waals surface area contributed by atoms with Gasteiger partial charge in [-0.1, -0.05) is 54.1 Å². The zero-order valence-corrected chi connectivity index (χ0v) is 19.1. The van der Waals surface area contributed by atoms with E-state index in [0.717, 1.165) is 21.9 Å². The molecule has 0 aromatic heterocycles. The van der Waals surface area contributed by atoms with Crippen LogP contribution in [0.1, 0.15) is 34.0 Å². The maximum absolute atomic E-state index is 12.5. The first-order chi connectivity index (χ1) is 16.5. The molecule has 6 heteroatoms. The second kappa shape index (κ2) is 10.5. The van der Waals surface area contributed by atoms with Gasteiger partial charge in [-0.2, -0.15) is 5.10 Å². The molecule has 0 bridgehead atoms. The highest BCUT2D eigenvalue weighted by Gasteiger charge is 2.12. The number of phenolic OH excluding ortho intramolecular Hbond substituents is 1. The summed E-state index contributed by atoms with van der Waals surface area (Å²) in [4.78, 5) is 12.5. The Labute approximate surface area is 198 Å². The predicted molar refractivity (Wildman–Crippen MR) is 134 cm³/mol. The van der Waals surface area contributed by atoms with Crippen LogP contribution in [0.2, 0.25) is 0 Å². The minimum atomic E-state index is -0.498. The van der Waals surface area contributed by atoms with E-state index in [0.29, 0.717) is 24.7 Å². The normalized spacial score (nSPS) is 11.0. The van der Waals surface area contributed by atoms with Crippen LogP contribution in [0.4, 0.5) is 0 Å². The first-order valence-electron chi connectivity index (χ1n) is 11.0. The monoisotopic (exact) mass is 454 g/mol. The van der Waals surface area contributed by atoms with Gasteiger partial charge >= 0.3 is 0 Å². The van der Waals surface area contributed by atoms with E-state index in [2.05, 4.69) is 10.5 Å². The Morgan fingerprint density at radius 1 is 0.941 bits per heavy atom. The molecule has 4 rings (SSSR count). The summed E-state index contributed by atoms with van der Waals surface area (Å²) in [5.74, 6) is 0.629. The Morgan fingerprint density at radius 2 is 1.68 bits per heavy atom. The molecule has 0 aliphatic carbocycles. The van der Waals surface area contributed by atoms with Crippen LogP contribution in [0.5, 0.6) is 17.2 Å². The number of carbonyl (C=O) groups excluding carboxylic acids is 1. The number of benzene rings is 4. The van der Waals surface area contributed by atoms with Crippen LogP contribution in [0, 0.1) is 6.92 Å². The lowest BCUT2D eigenvalue weighted by Crippen LogP contribution is -2.17. The Kier molecular flexibility index (Phi) is 7.08. The second-order valence-electron chi connectivity index (χ2n) is 7.83. The molecule has 4 aromatic carbocycles. The van der Waals surface area contributed by atoms with Crippen molar-refractivity contribution in [3.63, 3.8) is 0 Å². The van der Waals surface area contributed by atoms with Gasteiger partial charge in [0.15, 0.2) is 11.5 Å². The average Bonchev–Trinajstić information content (AvgIpc) is 2.84. The first kappa shape index (κ1) is 22.9. The highest BCUT2D eigenvalue weighted by atomic mass is 16.5. The number of aromatic hydroxyl groups is 1. The van der Waals surface area contributed by atoms with Gasteiger partial charge in [-0.05, 0) is 66.1 Å². The van der Waals surface area contributed by atoms with E-state index < -0.39 is 5.91 Å². The number of phenols is 1. The SMILES string of the molecule is CCOc1cc(C=NNC(=O)c2cc3ccccc3cc2O)ccc1OCc1ccc(C)cc1. The molecule has 34 heavy (non-hydrogen) atoms. The smallest absolute Gasteiger partial charge is 0.275 e. The van der Waals surface area contributed by atoms with Crippen LogP contribution in [-0.2, 0) is 6.61 Å². The molecule has 0 radical (unpaired) electrons. The quantitative estimate of drug-likeness (QED) is 0.268. The van der Waals surface area contributed by atoms with Crippen molar-refractivity contribution < 1.29 is 19.4 Å². The molecule has 0 atom stereocenters. The number of fused-ring (bicyclic) bond motifs is 1. The van der Waals surface area contributed by atoms with Gasteiger partial charge in [0.1, 0.15) is 12.4 Å². The molecule has 0 unspecified atom stereocenters. The summed E-state index contributed by atoms with van der Waals surface area (Å²) in [6.07, 6.45) is 1.52. The minimum absolute atomic E-state index is 0.0971. The largest absolute Gasteiger partial charge is 0.507 e. The fraction of sp³-hybridized carbons (Fsp3) is 0.143. The zero-order chi connectivity index (χ0) is 23.9. The molecule has 0 saturated heterocycles. The lowest BCUT2D eigenvalue weighted by atomic mass is 10.1. The molecule has 4 aromatic rings. The Hall–Kier alpha value is -4.32. The molecule has 0 fully saturated rings. The van der Waals surface area contributed by atoms with Crippen molar-refractivity contribution in [3.8, 4) is 17.2 Å². The number of nitrogens with zero attached hydrogens (tertiary/aromatic N) is 1. The van der Waals surface area contributed by atoms with Crippen LogP contribution in [0.3, 0.4) is 0 Å². The van der Waals surface area contributed by atoms with E-state index >= 15 is 0 Å².